The van der Waals surface area contributed by atoms with Crippen molar-refractivity contribution in [1.82, 2.24) is 15.4 Å². The second-order valence-corrected chi connectivity index (χ2v) is 8.11. The third-order valence-corrected chi connectivity index (χ3v) is 5.60. The molecule has 0 amide bonds. The monoisotopic (exact) mass is 398 g/mol. The number of guanidine groups is 1. The van der Waals surface area contributed by atoms with Crippen LogP contribution >= 0.6 is 0 Å². The molecule has 1 unspecified atom stereocenters. The van der Waals surface area contributed by atoms with Crippen LogP contribution in [0.5, 0.6) is 0 Å². The van der Waals surface area contributed by atoms with E-state index >= 15 is 0 Å². The summed E-state index contributed by atoms with van der Waals surface area (Å²) in [4.78, 5) is 4.39. The lowest BCUT2D eigenvalue weighted by molar-refractivity contribution is 0.0420. The molecule has 0 saturated carbocycles. The predicted molar refractivity (Wildman–Crippen MR) is 106 cm³/mol. The molecular weight excluding hydrogens is 368 g/mol. The maximum atomic E-state index is 12.2. The van der Waals surface area contributed by atoms with Gasteiger partial charge >= 0.3 is 0 Å². The highest BCUT2D eigenvalue weighted by Gasteiger charge is 2.15. The number of benzene rings is 1. The van der Waals surface area contributed by atoms with Crippen LogP contribution in [0, 0.1) is 6.92 Å². The molecule has 152 valence electrons. The number of nitrogens with zero attached hydrogens (tertiary/aromatic N) is 1. The molecule has 1 fully saturated rings. The molecular formula is C18H30N4O4S. The van der Waals surface area contributed by atoms with Gasteiger partial charge in [-0.3, -0.25) is 4.99 Å². The minimum atomic E-state index is -3.49. The normalized spacial score (nSPS) is 17.9. The van der Waals surface area contributed by atoms with E-state index in [-0.39, 0.29) is 17.5 Å². The molecule has 8 nitrogen and oxygen atoms in total. The van der Waals surface area contributed by atoms with E-state index in [0.29, 0.717) is 25.7 Å². The summed E-state index contributed by atoms with van der Waals surface area (Å²) < 4.78 is 37.9. The van der Waals surface area contributed by atoms with E-state index < -0.39 is 10.0 Å². The molecule has 0 spiro atoms. The summed E-state index contributed by atoms with van der Waals surface area (Å²) in [6.45, 7) is 5.49. The molecule has 1 aliphatic rings. The summed E-state index contributed by atoms with van der Waals surface area (Å²) in [5.74, 6) is 0.633. The Morgan fingerprint density at radius 1 is 1.22 bits per heavy atom. The van der Waals surface area contributed by atoms with Crippen LogP contribution in [0.2, 0.25) is 0 Å². The highest BCUT2D eigenvalue weighted by atomic mass is 32.2. The fourth-order valence-corrected chi connectivity index (χ4v) is 3.59. The molecule has 9 heteroatoms. The average molecular weight is 399 g/mol. The Morgan fingerprint density at radius 3 is 2.63 bits per heavy atom. The van der Waals surface area contributed by atoms with E-state index in [2.05, 4.69) is 20.3 Å². The Hall–Kier alpha value is -1.68. The average Bonchev–Trinajstić information content (AvgIpc) is 3.17. The third kappa shape index (κ3) is 7.84. The summed E-state index contributed by atoms with van der Waals surface area (Å²) in [6, 6.07) is 6.76. The first-order chi connectivity index (χ1) is 13.0. The van der Waals surface area contributed by atoms with Gasteiger partial charge in [0.25, 0.3) is 0 Å². The highest BCUT2D eigenvalue weighted by Crippen LogP contribution is 2.09. The summed E-state index contributed by atoms with van der Waals surface area (Å²) >= 11 is 0. The van der Waals surface area contributed by atoms with Gasteiger partial charge in [0.2, 0.25) is 10.0 Å². The van der Waals surface area contributed by atoms with Crippen molar-refractivity contribution in [2.24, 2.45) is 4.99 Å². The van der Waals surface area contributed by atoms with Gasteiger partial charge in [-0.1, -0.05) is 17.7 Å². The van der Waals surface area contributed by atoms with Crippen molar-refractivity contribution in [1.29, 1.82) is 0 Å². The molecule has 2 rings (SSSR count). The molecule has 0 bridgehead atoms. The number of nitrogens with one attached hydrogen (secondary N) is 3. The minimum absolute atomic E-state index is 0.226. The van der Waals surface area contributed by atoms with Crippen LogP contribution in [0.4, 0.5) is 0 Å². The van der Waals surface area contributed by atoms with Crippen molar-refractivity contribution in [2.75, 3.05) is 46.5 Å². The van der Waals surface area contributed by atoms with Crippen LogP contribution in [0.1, 0.15) is 18.4 Å². The first-order valence-corrected chi connectivity index (χ1v) is 10.7. The van der Waals surface area contributed by atoms with E-state index in [0.717, 1.165) is 31.6 Å². The van der Waals surface area contributed by atoms with Crippen molar-refractivity contribution >= 4 is 16.0 Å². The van der Waals surface area contributed by atoms with E-state index in [4.69, 9.17) is 9.47 Å². The number of aliphatic imine (C=N–C) groups is 1. The second kappa shape index (κ2) is 11.2. The molecule has 27 heavy (non-hydrogen) atoms. The van der Waals surface area contributed by atoms with Gasteiger partial charge in [-0.15, -0.1) is 0 Å². The first-order valence-electron chi connectivity index (χ1n) is 9.21. The molecule has 1 aliphatic heterocycles. The quantitative estimate of drug-likeness (QED) is 0.304. The lowest BCUT2D eigenvalue weighted by Crippen LogP contribution is -2.42. The van der Waals surface area contributed by atoms with Gasteiger partial charge in [-0.25, -0.2) is 13.1 Å². The molecule has 0 radical (unpaired) electrons. The zero-order valence-electron chi connectivity index (χ0n) is 16.0. The van der Waals surface area contributed by atoms with Gasteiger partial charge in [0.1, 0.15) is 0 Å². The summed E-state index contributed by atoms with van der Waals surface area (Å²) in [5.41, 5.74) is 1.02. The Morgan fingerprint density at radius 2 is 1.96 bits per heavy atom. The van der Waals surface area contributed by atoms with Gasteiger partial charge in [0, 0.05) is 39.9 Å². The second-order valence-electron chi connectivity index (χ2n) is 6.35. The predicted octanol–water partition coefficient (Wildman–Crippen LogP) is 0.634. The topological polar surface area (TPSA) is 101 Å². The van der Waals surface area contributed by atoms with Crippen LogP contribution in [0.15, 0.2) is 34.2 Å². The van der Waals surface area contributed by atoms with Gasteiger partial charge < -0.3 is 20.1 Å². The van der Waals surface area contributed by atoms with Crippen molar-refractivity contribution in [3.8, 4) is 0 Å². The molecule has 3 N–H and O–H groups in total. The van der Waals surface area contributed by atoms with Crippen LogP contribution in [0.25, 0.3) is 0 Å². The fourth-order valence-electron chi connectivity index (χ4n) is 2.56. The molecule has 1 aromatic rings. The molecule has 1 atom stereocenters. The van der Waals surface area contributed by atoms with Gasteiger partial charge in [0.05, 0.1) is 17.6 Å². The number of rotatable bonds is 10. The largest absolute Gasteiger partial charge is 0.379 e. The zero-order chi connectivity index (χ0) is 19.5. The minimum Gasteiger partial charge on any atom is -0.379 e. The van der Waals surface area contributed by atoms with Crippen molar-refractivity contribution in [3.05, 3.63) is 29.8 Å². The Labute approximate surface area is 161 Å². The summed E-state index contributed by atoms with van der Waals surface area (Å²) in [5, 5.41) is 6.27. The maximum Gasteiger partial charge on any atom is 0.240 e. The Bertz CT molecular complexity index is 686. The number of sulfonamides is 1. The van der Waals surface area contributed by atoms with Crippen LogP contribution in [-0.2, 0) is 19.5 Å². The standard InChI is InChI=1S/C18H30N4O4S/c1-15-4-6-17(7-5-15)27(23,24)22-11-10-21-18(19-2)20-9-3-12-26-16-8-13-25-14-16/h4-7,16,22H,3,8-14H2,1-2H3,(H2,19,20,21). The fraction of sp³-hybridized carbons (Fsp3) is 0.611. The molecule has 1 aromatic carbocycles. The summed E-state index contributed by atoms with van der Waals surface area (Å²) in [7, 11) is -1.81. The van der Waals surface area contributed by atoms with Crippen molar-refractivity contribution in [3.63, 3.8) is 0 Å². The SMILES string of the molecule is CN=C(NCCCOC1CCOC1)NCCNS(=O)(=O)c1ccc(C)cc1. The number of aryl methyl sites for hydroxylation is 1. The first kappa shape index (κ1) is 21.6. The van der Waals surface area contributed by atoms with Crippen LogP contribution in [-0.4, -0.2) is 67.0 Å². The molecule has 0 aromatic heterocycles. The van der Waals surface area contributed by atoms with E-state index in [1.165, 1.54) is 0 Å². The Kier molecular flexibility index (Phi) is 8.99. The lowest BCUT2D eigenvalue weighted by atomic mass is 10.2. The van der Waals surface area contributed by atoms with Gasteiger partial charge in [-0.2, -0.15) is 0 Å². The Balaban J connectivity index is 1.59. The summed E-state index contributed by atoms with van der Waals surface area (Å²) in [6.07, 6.45) is 2.05. The number of hydrogen-bond acceptors (Lipinski definition) is 5. The zero-order valence-corrected chi connectivity index (χ0v) is 16.8. The van der Waals surface area contributed by atoms with Crippen LogP contribution < -0.4 is 15.4 Å². The van der Waals surface area contributed by atoms with Gasteiger partial charge in [0.15, 0.2) is 5.96 Å². The highest BCUT2D eigenvalue weighted by molar-refractivity contribution is 7.89. The van der Waals surface area contributed by atoms with Crippen LogP contribution in [0.3, 0.4) is 0 Å². The third-order valence-electron chi connectivity index (χ3n) is 4.12. The lowest BCUT2D eigenvalue weighted by Gasteiger charge is -2.13. The number of ether oxygens (including phenoxy) is 2. The van der Waals surface area contributed by atoms with Gasteiger partial charge in [-0.05, 0) is 31.9 Å². The van der Waals surface area contributed by atoms with E-state index in [1.54, 1.807) is 31.3 Å². The maximum absolute atomic E-state index is 12.2. The van der Waals surface area contributed by atoms with E-state index in [9.17, 15) is 8.42 Å². The van der Waals surface area contributed by atoms with Crippen molar-refractivity contribution < 1.29 is 17.9 Å². The number of hydrogen-bond donors (Lipinski definition) is 3. The molecule has 1 heterocycles. The molecule has 0 aliphatic carbocycles. The van der Waals surface area contributed by atoms with Crippen molar-refractivity contribution in [2.45, 2.75) is 30.8 Å². The molecule has 1 saturated heterocycles. The van der Waals surface area contributed by atoms with E-state index in [1.807, 2.05) is 6.92 Å². The smallest absolute Gasteiger partial charge is 0.240 e.